The summed E-state index contributed by atoms with van der Waals surface area (Å²) in [5.41, 5.74) is 1.72. The van der Waals surface area contributed by atoms with Crippen molar-refractivity contribution in [3.8, 4) is 0 Å². The quantitative estimate of drug-likeness (QED) is 0.837. The fourth-order valence-corrected chi connectivity index (χ4v) is 4.27. The van der Waals surface area contributed by atoms with Crippen molar-refractivity contribution in [1.29, 1.82) is 0 Å². The van der Waals surface area contributed by atoms with E-state index in [1.54, 1.807) is 17.0 Å². The van der Waals surface area contributed by atoms with Crippen molar-refractivity contribution in [3.63, 3.8) is 0 Å². The van der Waals surface area contributed by atoms with Gasteiger partial charge in [-0.15, -0.1) is 0 Å². The zero-order chi connectivity index (χ0) is 20.5. The lowest BCUT2D eigenvalue weighted by Gasteiger charge is -2.37. The number of aryl methyl sites for hydroxylation is 1. The second-order valence-electron chi connectivity index (χ2n) is 7.97. The number of likely N-dealkylation sites (tertiary alicyclic amines) is 1. The molecule has 29 heavy (non-hydrogen) atoms. The van der Waals surface area contributed by atoms with Gasteiger partial charge in [-0.05, 0) is 51.8 Å². The average molecular weight is 402 g/mol. The molecule has 1 aromatic carbocycles. The highest BCUT2D eigenvalue weighted by Crippen LogP contribution is 2.32. The van der Waals surface area contributed by atoms with Crippen LogP contribution in [0, 0.1) is 12.7 Å². The van der Waals surface area contributed by atoms with Crippen molar-refractivity contribution in [3.05, 3.63) is 41.5 Å². The van der Waals surface area contributed by atoms with Crippen LogP contribution in [-0.2, 0) is 4.74 Å². The van der Waals surface area contributed by atoms with Gasteiger partial charge in [-0.3, -0.25) is 0 Å². The molecule has 0 spiro atoms. The van der Waals surface area contributed by atoms with Crippen LogP contribution in [0.4, 0.5) is 20.6 Å². The van der Waals surface area contributed by atoms with Gasteiger partial charge in [-0.25, -0.2) is 9.18 Å². The lowest BCUT2D eigenvalue weighted by atomic mass is 10.1. The van der Waals surface area contributed by atoms with Crippen LogP contribution in [0.2, 0.25) is 0 Å². The lowest BCUT2D eigenvalue weighted by Crippen LogP contribution is -2.45. The first-order valence-electron chi connectivity index (χ1n) is 10.1. The first-order valence-corrected chi connectivity index (χ1v) is 10.1. The van der Waals surface area contributed by atoms with Gasteiger partial charge in [0.2, 0.25) is 0 Å². The Balaban J connectivity index is 1.45. The van der Waals surface area contributed by atoms with E-state index in [1.807, 2.05) is 31.7 Å². The first kappa shape index (κ1) is 19.7. The second-order valence-corrected chi connectivity index (χ2v) is 7.97. The summed E-state index contributed by atoms with van der Waals surface area (Å²) in [6.07, 6.45) is 1.82. The molecule has 2 aliphatic heterocycles. The number of carbonyl (C=O) groups is 1. The van der Waals surface area contributed by atoms with Gasteiger partial charge in [0.05, 0.1) is 23.9 Å². The van der Waals surface area contributed by atoms with Crippen molar-refractivity contribution < 1.29 is 18.4 Å². The number of rotatable bonds is 3. The molecule has 1 aromatic heterocycles. The number of benzene rings is 1. The molecule has 0 radical (unpaired) electrons. The number of nitrogens with one attached hydrogen (secondary N) is 1. The third-order valence-electron chi connectivity index (χ3n) is 5.46. The van der Waals surface area contributed by atoms with E-state index in [1.165, 1.54) is 6.07 Å². The van der Waals surface area contributed by atoms with E-state index in [0.717, 1.165) is 24.3 Å². The van der Waals surface area contributed by atoms with Crippen LogP contribution in [0.1, 0.15) is 44.2 Å². The Labute approximate surface area is 169 Å². The molecule has 7 nitrogen and oxygen atoms in total. The van der Waals surface area contributed by atoms with Gasteiger partial charge < -0.3 is 24.4 Å². The van der Waals surface area contributed by atoms with Crippen molar-refractivity contribution in [2.45, 2.75) is 51.9 Å². The Morgan fingerprint density at radius 2 is 2.00 bits per heavy atom. The molecule has 0 saturated carbocycles. The number of ether oxygens (including phenoxy) is 1. The van der Waals surface area contributed by atoms with Gasteiger partial charge in [-0.1, -0.05) is 5.16 Å². The lowest BCUT2D eigenvalue weighted by molar-refractivity contribution is -0.00539. The number of amides is 2. The first-order chi connectivity index (χ1) is 13.9. The SMILES string of the molecule is Cc1cc([C@@H]2CCCN2C(=O)Nc2ccc(N3C[C@@H](C)O[C@@H](C)C3)c(F)c2)no1. The number of hydrogen-bond acceptors (Lipinski definition) is 5. The standard InChI is InChI=1S/C21H27FN4O3/c1-13-9-18(24-29-13)20-5-4-8-26(20)21(27)23-16-6-7-19(17(22)10-16)25-11-14(2)28-15(3)12-25/h6-7,9-10,14-15,20H,4-5,8,11-12H2,1-3H3,(H,23,27)/t14-,15+,20-/m0/s1. The topological polar surface area (TPSA) is 70.8 Å². The van der Waals surface area contributed by atoms with Crippen LogP contribution in [0.25, 0.3) is 0 Å². The molecule has 4 rings (SSSR count). The van der Waals surface area contributed by atoms with Gasteiger partial charge in [0.1, 0.15) is 17.3 Å². The van der Waals surface area contributed by atoms with Crippen LogP contribution in [0.15, 0.2) is 28.8 Å². The second kappa shape index (κ2) is 8.02. The van der Waals surface area contributed by atoms with E-state index >= 15 is 0 Å². The van der Waals surface area contributed by atoms with E-state index in [0.29, 0.717) is 31.0 Å². The maximum atomic E-state index is 14.8. The molecule has 2 amide bonds. The molecule has 3 heterocycles. The van der Waals surface area contributed by atoms with Gasteiger partial charge in [0, 0.05) is 31.4 Å². The highest BCUT2D eigenvalue weighted by Gasteiger charge is 2.32. The number of urea groups is 1. The van der Waals surface area contributed by atoms with E-state index < -0.39 is 0 Å². The minimum atomic E-state index is -0.353. The molecule has 0 unspecified atom stereocenters. The van der Waals surface area contributed by atoms with E-state index in [2.05, 4.69) is 10.5 Å². The van der Waals surface area contributed by atoms with Crippen LogP contribution in [-0.4, -0.2) is 47.9 Å². The maximum Gasteiger partial charge on any atom is 0.322 e. The Hall–Kier alpha value is -2.61. The molecular formula is C21H27FN4O3. The molecule has 0 bridgehead atoms. The van der Waals surface area contributed by atoms with Gasteiger partial charge in [0.15, 0.2) is 0 Å². The third kappa shape index (κ3) is 4.22. The molecule has 3 atom stereocenters. The predicted octanol–water partition coefficient (Wildman–Crippen LogP) is 4.10. The highest BCUT2D eigenvalue weighted by atomic mass is 19.1. The maximum absolute atomic E-state index is 14.8. The number of aromatic nitrogens is 1. The number of hydrogen-bond donors (Lipinski definition) is 1. The van der Waals surface area contributed by atoms with Crippen molar-refractivity contribution in [1.82, 2.24) is 10.1 Å². The van der Waals surface area contributed by atoms with Crippen LogP contribution >= 0.6 is 0 Å². The largest absolute Gasteiger partial charge is 0.372 e. The number of halogens is 1. The molecule has 2 aromatic rings. The van der Waals surface area contributed by atoms with Gasteiger partial charge in [-0.2, -0.15) is 0 Å². The van der Waals surface area contributed by atoms with Crippen molar-refractivity contribution in [2.75, 3.05) is 29.9 Å². The number of carbonyl (C=O) groups excluding carboxylic acids is 1. The highest BCUT2D eigenvalue weighted by molar-refractivity contribution is 5.90. The Morgan fingerprint density at radius 3 is 2.66 bits per heavy atom. The summed E-state index contributed by atoms with van der Waals surface area (Å²) in [6, 6.07) is 6.32. The molecule has 2 saturated heterocycles. The molecular weight excluding hydrogens is 375 g/mol. The monoisotopic (exact) mass is 402 g/mol. The average Bonchev–Trinajstić information content (AvgIpc) is 3.29. The summed E-state index contributed by atoms with van der Waals surface area (Å²) in [7, 11) is 0. The number of morpholine rings is 1. The molecule has 0 aliphatic carbocycles. The fraction of sp³-hybridized carbons (Fsp3) is 0.524. The fourth-order valence-electron chi connectivity index (χ4n) is 4.27. The number of nitrogens with zero attached hydrogens (tertiary/aromatic N) is 3. The minimum Gasteiger partial charge on any atom is -0.372 e. The molecule has 156 valence electrons. The molecule has 2 aliphatic rings. The summed E-state index contributed by atoms with van der Waals surface area (Å²) in [4.78, 5) is 16.5. The normalized spacial score (nSPS) is 24.8. The Kier molecular flexibility index (Phi) is 5.45. The van der Waals surface area contributed by atoms with E-state index in [-0.39, 0.29) is 30.1 Å². The predicted molar refractivity (Wildman–Crippen MR) is 108 cm³/mol. The summed E-state index contributed by atoms with van der Waals surface area (Å²) < 4.78 is 25.7. The van der Waals surface area contributed by atoms with Crippen LogP contribution < -0.4 is 10.2 Å². The zero-order valence-corrected chi connectivity index (χ0v) is 17.0. The van der Waals surface area contributed by atoms with Crippen molar-refractivity contribution in [2.24, 2.45) is 0 Å². The van der Waals surface area contributed by atoms with Gasteiger partial charge >= 0.3 is 6.03 Å². The Bertz CT molecular complexity index is 877. The van der Waals surface area contributed by atoms with E-state index in [9.17, 15) is 9.18 Å². The summed E-state index contributed by atoms with van der Waals surface area (Å²) in [5, 5.41) is 6.88. The smallest absolute Gasteiger partial charge is 0.322 e. The zero-order valence-electron chi connectivity index (χ0n) is 17.0. The van der Waals surface area contributed by atoms with Crippen molar-refractivity contribution >= 4 is 17.4 Å². The molecule has 1 N–H and O–H groups in total. The molecule has 8 heteroatoms. The van der Waals surface area contributed by atoms with Crippen LogP contribution in [0.3, 0.4) is 0 Å². The third-order valence-corrected chi connectivity index (χ3v) is 5.46. The number of anilines is 2. The van der Waals surface area contributed by atoms with Gasteiger partial charge in [0.25, 0.3) is 0 Å². The summed E-state index contributed by atoms with van der Waals surface area (Å²) in [6.45, 7) is 7.71. The minimum absolute atomic E-state index is 0.0461. The Morgan fingerprint density at radius 1 is 1.24 bits per heavy atom. The van der Waals surface area contributed by atoms with E-state index in [4.69, 9.17) is 9.26 Å². The summed E-state index contributed by atoms with van der Waals surface area (Å²) >= 11 is 0. The molecule has 2 fully saturated rings. The summed E-state index contributed by atoms with van der Waals surface area (Å²) in [5.74, 6) is 0.367. The van der Waals surface area contributed by atoms with Crippen LogP contribution in [0.5, 0.6) is 0 Å².